The van der Waals surface area contributed by atoms with Gasteiger partial charge in [-0.25, -0.2) is 4.79 Å². The standard InChI is InChI=1S/C21H24N2O4/c1-2-16-8-10-18(11-9-16)23-13-19(26-15-20(23)24)12-22-21(25)27-14-17-6-4-3-5-7-17/h3-11,19H,2,12-15H2,1H3,(H,22,25). The number of amides is 2. The van der Waals surface area contributed by atoms with Crippen LogP contribution in [0.4, 0.5) is 10.5 Å². The predicted molar refractivity (Wildman–Crippen MR) is 103 cm³/mol. The van der Waals surface area contributed by atoms with Crippen LogP contribution in [0.25, 0.3) is 0 Å². The van der Waals surface area contributed by atoms with Gasteiger partial charge in [-0.05, 0) is 29.7 Å². The molecule has 3 rings (SSSR count). The van der Waals surface area contributed by atoms with Gasteiger partial charge in [-0.15, -0.1) is 0 Å². The zero-order chi connectivity index (χ0) is 19.1. The molecule has 2 aromatic rings. The molecule has 0 spiro atoms. The number of morpholine rings is 1. The minimum absolute atomic E-state index is 0.000931. The molecule has 1 fully saturated rings. The first-order valence-electron chi connectivity index (χ1n) is 9.11. The molecule has 1 N–H and O–H groups in total. The SMILES string of the molecule is CCc1ccc(N2CC(CNC(=O)OCc3ccccc3)OCC2=O)cc1. The monoisotopic (exact) mass is 368 g/mol. The van der Waals surface area contributed by atoms with E-state index in [0.29, 0.717) is 6.54 Å². The lowest BCUT2D eigenvalue weighted by Crippen LogP contribution is -2.50. The van der Waals surface area contributed by atoms with Crippen molar-refractivity contribution in [3.63, 3.8) is 0 Å². The molecule has 1 aliphatic heterocycles. The number of anilines is 1. The Kier molecular flexibility index (Phi) is 6.44. The molecule has 2 amide bonds. The van der Waals surface area contributed by atoms with Crippen LogP contribution < -0.4 is 10.2 Å². The van der Waals surface area contributed by atoms with Gasteiger partial charge in [-0.1, -0.05) is 49.4 Å². The highest BCUT2D eigenvalue weighted by Crippen LogP contribution is 2.19. The molecule has 0 aromatic heterocycles. The number of carbonyl (C=O) groups is 2. The summed E-state index contributed by atoms with van der Waals surface area (Å²) in [7, 11) is 0. The summed E-state index contributed by atoms with van der Waals surface area (Å²) in [6.07, 6.45) is 0.172. The molecule has 1 unspecified atom stereocenters. The van der Waals surface area contributed by atoms with Crippen molar-refractivity contribution in [2.24, 2.45) is 0 Å². The fourth-order valence-corrected chi connectivity index (χ4v) is 2.88. The van der Waals surface area contributed by atoms with Crippen LogP contribution in [-0.2, 0) is 27.3 Å². The van der Waals surface area contributed by atoms with E-state index in [9.17, 15) is 9.59 Å². The maximum Gasteiger partial charge on any atom is 0.407 e. The van der Waals surface area contributed by atoms with Gasteiger partial charge in [-0.3, -0.25) is 4.79 Å². The first-order chi connectivity index (χ1) is 13.2. The second kappa shape index (κ2) is 9.19. The van der Waals surface area contributed by atoms with Gasteiger partial charge in [0.15, 0.2) is 0 Å². The summed E-state index contributed by atoms with van der Waals surface area (Å²) >= 11 is 0. The normalized spacial score (nSPS) is 16.9. The molecule has 1 aliphatic rings. The van der Waals surface area contributed by atoms with Crippen molar-refractivity contribution in [2.45, 2.75) is 26.1 Å². The lowest BCUT2D eigenvalue weighted by atomic mass is 10.1. The molecule has 1 atom stereocenters. The number of aryl methyl sites for hydroxylation is 1. The molecule has 0 saturated carbocycles. The van der Waals surface area contributed by atoms with E-state index in [1.807, 2.05) is 54.6 Å². The van der Waals surface area contributed by atoms with E-state index in [4.69, 9.17) is 9.47 Å². The first kappa shape index (κ1) is 18.9. The van der Waals surface area contributed by atoms with Crippen molar-refractivity contribution in [2.75, 3.05) is 24.6 Å². The second-order valence-electron chi connectivity index (χ2n) is 6.40. The summed E-state index contributed by atoms with van der Waals surface area (Å²) in [5, 5.41) is 2.70. The lowest BCUT2D eigenvalue weighted by Gasteiger charge is -2.32. The van der Waals surface area contributed by atoms with Crippen molar-refractivity contribution in [3.05, 3.63) is 65.7 Å². The van der Waals surface area contributed by atoms with Crippen molar-refractivity contribution in [1.82, 2.24) is 5.32 Å². The lowest BCUT2D eigenvalue weighted by molar-refractivity contribution is -0.129. The highest BCUT2D eigenvalue weighted by molar-refractivity contribution is 5.95. The van der Waals surface area contributed by atoms with Crippen LogP contribution in [-0.4, -0.2) is 37.8 Å². The maximum atomic E-state index is 12.2. The highest BCUT2D eigenvalue weighted by Gasteiger charge is 2.27. The topological polar surface area (TPSA) is 67.9 Å². The summed E-state index contributed by atoms with van der Waals surface area (Å²) in [6, 6.07) is 17.4. The summed E-state index contributed by atoms with van der Waals surface area (Å²) in [4.78, 5) is 25.8. The third-order valence-corrected chi connectivity index (χ3v) is 4.47. The van der Waals surface area contributed by atoms with Crippen LogP contribution in [0.2, 0.25) is 0 Å². The van der Waals surface area contributed by atoms with Crippen molar-refractivity contribution in [3.8, 4) is 0 Å². The molecule has 0 radical (unpaired) electrons. The maximum absolute atomic E-state index is 12.2. The number of benzene rings is 2. The molecule has 6 heteroatoms. The molecule has 27 heavy (non-hydrogen) atoms. The molecule has 6 nitrogen and oxygen atoms in total. The Morgan fingerprint density at radius 2 is 1.89 bits per heavy atom. The van der Waals surface area contributed by atoms with Gasteiger partial charge in [0, 0.05) is 12.2 Å². The van der Waals surface area contributed by atoms with Gasteiger partial charge in [0.2, 0.25) is 0 Å². The molecular formula is C21H24N2O4. The number of ether oxygens (including phenoxy) is 2. The number of hydrogen-bond donors (Lipinski definition) is 1. The summed E-state index contributed by atoms with van der Waals surface area (Å²) in [6.45, 7) is 2.98. The third kappa shape index (κ3) is 5.31. The van der Waals surface area contributed by atoms with Gasteiger partial charge >= 0.3 is 6.09 Å². The number of nitrogens with one attached hydrogen (secondary N) is 1. The quantitative estimate of drug-likeness (QED) is 0.851. The summed E-state index contributed by atoms with van der Waals surface area (Å²) in [5.41, 5.74) is 2.99. The van der Waals surface area contributed by atoms with Crippen LogP contribution in [0.15, 0.2) is 54.6 Å². The molecular weight excluding hydrogens is 344 g/mol. The molecule has 142 valence electrons. The van der Waals surface area contributed by atoms with E-state index in [2.05, 4.69) is 12.2 Å². The van der Waals surface area contributed by atoms with E-state index in [0.717, 1.165) is 17.7 Å². The fraction of sp³-hybridized carbons (Fsp3) is 0.333. The van der Waals surface area contributed by atoms with Gasteiger partial charge in [0.05, 0.1) is 12.6 Å². The van der Waals surface area contributed by atoms with Crippen LogP contribution in [0, 0.1) is 0 Å². The third-order valence-electron chi connectivity index (χ3n) is 4.47. The van der Waals surface area contributed by atoms with Crippen LogP contribution >= 0.6 is 0 Å². The second-order valence-corrected chi connectivity index (χ2v) is 6.40. The smallest absolute Gasteiger partial charge is 0.407 e. The largest absolute Gasteiger partial charge is 0.445 e. The molecule has 0 bridgehead atoms. The fourth-order valence-electron chi connectivity index (χ4n) is 2.88. The average molecular weight is 368 g/mol. The van der Waals surface area contributed by atoms with Crippen LogP contribution in [0.5, 0.6) is 0 Å². The molecule has 1 heterocycles. The average Bonchev–Trinajstić information content (AvgIpc) is 2.72. The van der Waals surface area contributed by atoms with Gasteiger partial charge in [0.25, 0.3) is 5.91 Å². The van der Waals surface area contributed by atoms with E-state index in [1.165, 1.54) is 5.56 Å². The Labute approximate surface area is 159 Å². The number of nitrogens with zero attached hydrogens (tertiary/aromatic N) is 1. The number of rotatable bonds is 6. The van der Waals surface area contributed by atoms with E-state index in [1.54, 1.807) is 4.90 Å². The Morgan fingerprint density at radius 1 is 1.15 bits per heavy atom. The predicted octanol–water partition coefficient (Wildman–Crippen LogP) is 2.91. The first-order valence-corrected chi connectivity index (χ1v) is 9.11. The van der Waals surface area contributed by atoms with Crippen LogP contribution in [0.3, 0.4) is 0 Å². The Balaban J connectivity index is 1.48. The summed E-state index contributed by atoms with van der Waals surface area (Å²) in [5.74, 6) is -0.0813. The number of carbonyl (C=O) groups excluding carboxylic acids is 2. The molecule has 0 aliphatic carbocycles. The Hall–Kier alpha value is -2.86. The van der Waals surface area contributed by atoms with Gasteiger partial charge < -0.3 is 19.7 Å². The zero-order valence-electron chi connectivity index (χ0n) is 15.4. The Morgan fingerprint density at radius 3 is 2.59 bits per heavy atom. The van der Waals surface area contributed by atoms with Crippen LogP contribution in [0.1, 0.15) is 18.1 Å². The van der Waals surface area contributed by atoms with Crippen molar-refractivity contribution in [1.29, 1.82) is 0 Å². The van der Waals surface area contributed by atoms with E-state index < -0.39 is 6.09 Å². The summed E-state index contributed by atoms with van der Waals surface area (Å²) < 4.78 is 10.7. The van der Waals surface area contributed by atoms with E-state index in [-0.39, 0.29) is 31.8 Å². The van der Waals surface area contributed by atoms with E-state index >= 15 is 0 Å². The molecule has 1 saturated heterocycles. The van der Waals surface area contributed by atoms with Crippen molar-refractivity contribution >= 4 is 17.7 Å². The van der Waals surface area contributed by atoms with Gasteiger partial charge in [-0.2, -0.15) is 0 Å². The highest BCUT2D eigenvalue weighted by atomic mass is 16.5. The van der Waals surface area contributed by atoms with Gasteiger partial charge in [0.1, 0.15) is 13.2 Å². The molecule has 2 aromatic carbocycles. The number of hydrogen-bond acceptors (Lipinski definition) is 4. The minimum Gasteiger partial charge on any atom is -0.445 e. The minimum atomic E-state index is -0.502. The van der Waals surface area contributed by atoms with Crippen molar-refractivity contribution < 1.29 is 19.1 Å². The zero-order valence-corrected chi connectivity index (χ0v) is 15.4. The Bertz CT molecular complexity index is 762. The number of alkyl carbamates (subject to hydrolysis) is 1.